The van der Waals surface area contributed by atoms with Crippen molar-refractivity contribution >= 4 is 69.5 Å². The molecule has 35 heavy (non-hydrogen) atoms. The van der Waals surface area contributed by atoms with E-state index in [4.69, 9.17) is 32.7 Å². The summed E-state index contributed by atoms with van der Waals surface area (Å²) >= 11 is 14.2. The van der Waals surface area contributed by atoms with E-state index in [9.17, 15) is 14.0 Å². The van der Waals surface area contributed by atoms with Gasteiger partial charge in [0.25, 0.3) is 0 Å². The molecule has 0 spiro atoms. The van der Waals surface area contributed by atoms with Crippen LogP contribution in [0.25, 0.3) is 0 Å². The molecule has 3 rings (SSSR count). The Kier molecular flexibility index (Phi) is 9.70. The van der Waals surface area contributed by atoms with Gasteiger partial charge in [-0.1, -0.05) is 41.4 Å². The van der Waals surface area contributed by atoms with Gasteiger partial charge >= 0.3 is 0 Å². The van der Waals surface area contributed by atoms with Crippen LogP contribution in [0.4, 0.5) is 10.1 Å². The van der Waals surface area contributed by atoms with Crippen LogP contribution < -0.4 is 20.2 Å². The topological polar surface area (TPSA) is 89.0 Å². The Morgan fingerprint density at radius 3 is 2.60 bits per heavy atom. The molecule has 0 saturated heterocycles. The van der Waals surface area contributed by atoms with Crippen molar-refractivity contribution in [3.63, 3.8) is 0 Å². The molecular formula is C24H19Cl2FIN3O4. The zero-order valence-electron chi connectivity index (χ0n) is 18.3. The summed E-state index contributed by atoms with van der Waals surface area (Å²) in [6.07, 6.45) is 0.879. The van der Waals surface area contributed by atoms with Crippen LogP contribution in [0.2, 0.25) is 10.0 Å². The normalized spacial score (nSPS) is 10.8. The predicted molar refractivity (Wildman–Crippen MR) is 142 cm³/mol. The first-order valence-electron chi connectivity index (χ1n) is 10.1. The van der Waals surface area contributed by atoms with Crippen LogP contribution in [0.1, 0.15) is 17.5 Å². The average Bonchev–Trinajstić information content (AvgIpc) is 2.80. The molecule has 0 aliphatic heterocycles. The van der Waals surface area contributed by atoms with Crippen LogP contribution in [0.15, 0.2) is 59.7 Å². The lowest BCUT2D eigenvalue weighted by Crippen LogP contribution is -2.24. The van der Waals surface area contributed by atoms with Gasteiger partial charge in [0.05, 0.1) is 22.6 Å². The first kappa shape index (κ1) is 26.7. The van der Waals surface area contributed by atoms with Gasteiger partial charge in [0, 0.05) is 15.6 Å². The molecule has 0 aliphatic rings. The molecule has 3 aromatic rings. The zero-order chi connectivity index (χ0) is 25.4. The molecule has 0 atom stereocenters. The van der Waals surface area contributed by atoms with E-state index in [1.807, 2.05) is 0 Å². The molecule has 0 aromatic heterocycles. The SMILES string of the molecule is COc1cc(C=NNC(=O)CC(=O)Nc2ccccc2F)cc(I)c1OCc1ccc(Cl)cc1Cl. The second-order valence-corrected chi connectivity index (χ2v) is 9.06. The number of halogens is 4. The van der Waals surface area contributed by atoms with Gasteiger partial charge in [-0.15, -0.1) is 0 Å². The Morgan fingerprint density at radius 2 is 1.89 bits per heavy atom. The summed E-state index contributed by atoms with van der Waals surface area (Å²) in [7, 11) is 1.50. The average molecular weight is 630 g/mol. The van der Waals surface area contributed by atoms with Crippen LogP contribution >= 0.6 is 45.8 Å². The van der Waals surface area contributed by atoms with Gasteiger partial charge < -0.3 is 14.8 Å². The lowest BCUT2D eigenvalue weighted by Gasteiger charge is -2.14. The Hall–Kier alpha value is -2.89. The number of rotatable bonds is 9. The van der Waals surface area contributed by atoms with Crippen molar-refractivity contribution < 1.29 is 23.5 Å². The van der Waals surface area contributed by atoms with Crippen LogP contribution in [-0.2, 0) is 16.2 Å². The number of carbonyl (C=O) groups is 2. The van der Waals surface area contributed by atoms with Gasteiger partial charge in [0.1, 0.15) is 18.8 Å². The monoisotopic (exact) mass is 629 g/mol. The van der Waals surface area contributed by atoms with Gasteiger partial charge in [-0.25, -0.2) is 9.82 Å². The highest BCUT2D eigenvalue weighted by atomic mass is 127. The van der Waals surface area contributed by atoms with E-state index in [2.05, 4.69) is 38.4 Å². The fourth-order valence-electron chi connectivity index (χ4n) is 2.86. The Balaban J connectivity index is 1.59. The van der Waals surface area contributed by atoms with E-state index in [1.54, 1.807) is 36.4 Å². The molecule has 11 heteroatoms. The fourth-order valence-corrected chi connectivity index (χ4v) is 4.11. The van der Waals surface area contributed by atoms with Gasteiger partial charge in [-0.2, -0.15) is 5.10 Å². The summed E-state index contributed by atoms with van der Waals surface area (Å²) in [4.78, 5) is 23.9. The number of hydrazone groups is 1. The van der Waals surface area contributed by atoms with Crippen molar-refractivity contribution in [3.05, 3.63) is 85.2 Å². The van der Waals surface area contributed by atoms with E-state index in [-0.39, 0.29) is 12.3 Å². The Labute approximate surface area is 224 Å². The lowest BCUT2D eigenvalue weighted by atomic mass is 10.2. The van der Waals surface area contributed by atoms with Crippen molar-refractivity contribution in [2.45, 2.75) is 13.0 Å². The van der Waals surface area contributed by atoms with Crippen LogP contribution in [0.5, 0.6) is 11.5 Å². The number of nitrogens with zero attached hydrogens (tertiary/aromatic N) is 1. The van der Waals surface area contributed by atoms with Crippen molar-refractivity contribution in [2.24, 2.45) is 5.10 Å². The number of amides is 2. The minimum atomic E-state index is -0.665. The highest BCUT2D eigenvalue weighted by Gasteiger charge is 2.14. The molecule has 2 N–H and O–H groups in total. The maximum Gasteiger partial charge on any atom is 0.249 e. The third-order valence-corrected chi connectivity index (χ3v) is 5.90. The number of carbonyl (C=O) groups excluding carboxylic acids is 2. The number of hydrogen-bond donors (Lipinski definition) is 2. The second kappa shape index (κ2) is 12.7. The van der Waals surface area contributed by atoms with E-state index in [1.165, 1.54) is 31.5 Å². The van der Waals surface area contributed by atoms with E-state index in [0.717, 1.165) is 9.13 Å². The van der Waals surface area contributed by atoms with Crippen molar-refractivity contribution in [1.29, 1.82) is 0 Å². The van der Waals surface area contributed by atoms with Gasteiger partial charge in [-0.3, -0.25) is 9.59 Å². The van der Waals surface area contributed by atoms with Crippen LogP contribution in [0, 0.1) is 9.39 Å². The minimum Gasteiger partial charge on any atom is -0.493 e. The molecule has 0 fully saturated rings. The molecular weight excluding hydrogens is 611 g/mol. The largest absolute Gasteiger partial charge is 0.493 e. The van der Waals surface area contributed by atoms with Crippen molar-refractivity contribution in [1.82, 2.24) is 5.43 Å². The molecule has 7 nitrogen and oxygen atoms in total. The number of hydrogen-bond acceptors (Lipinski definition) is 5. The summed E-state index contributed by atoms with van der Waals surface area (Å²) in [6.45, 7) is 0.209. The molecule has 0 radical (unpaired) electrons. The number of methoxy groups -OCH3 is 1. The number of para-hydroxylation sites is 1. The van der Waals surface area contributed by atoms with Crippen LogP contribution in [0.3, 0.4) is 0 Å². The first-order chi connectivity index (χ1) is 16.8. The van der Waals surface area contributed by atoms with Crippen molar-refractivity contribution in [2.75, 3.05) is 12.4 Å². The standard InChI is InChI=1S/C24H19Cl2FIN3O4/c1-34-21-9-14(8-19(28)24(21)35-13-15-6-7-16(25)10-17(15)26)12-29-31-23(33)11-22(32)30-20-5-3-2-4-18(20)27/h2-10,12H,11,13H2,1H3,(H,30,32)(H,31,33). The van der Waals surface area contributed by atoms with E-state index < -0.39 is 24.1 Å². The number of benzene rings is 3. The Morgan fingerprint density at radius 1 is 1.11 bits per heavy atom. The third-order valence-electron chi connectivity index (χ3n) is 4.51. The number of anilines is 1. The highest BCUT2D eigenvalue weighted by Crippen LogP contribution is 2.35. The summed E-state index contributed by atoms with van der Waals surface area (Å²) < 4.78 is 25.7. The van der Waals surface area contributed by atoms with Gasteiger partial charge in [0.15, 0.2) is 11.5 Å². The maximum atomic E-state index is 13.6. The molecule has 2 amide bonds. The number of ether oxygens (including phenoxy) is 2. The maximum absolute atomic E-state index is 13.6. The highest BCUT2D eigenvalue weighted by molar-refractivity contribution is 14.1. The minimum absolute atomic E-state index is 0.00360. The second-order valence-electron chi connectivity index (χ2n) is 7.06. The summed E-state index contributed by atoms with van der Waals surface area (Å²) in [5.74, 6) is -0.937. The third kappa shape index (κ3) is 7.81. The summed E-state index contributed by atoms with van der Waals surface area (Å²) in [5.41, 5.74) is 3.65. The zero-order valence-corrected chi connectivity index (χ0v) is 21.9. The summed E-state index contributed by atoms with van der Waals surface area (Å²) in [5, 5.41) is 7.23. The smallest absolute Gasteiger partial charge is 0.249 e. The van der Waals surface area contributed by atoms with E-state index >= 15 is 0 Å². The predicted octanol–water partition coefficient (Wildman–Crippen LogP) is 5.80. The first-order valence-corrected chi connectivity index (χ1v) is 11.9. The Bertz CT molecular complexity index is 1270. The molecule has 182 valence electrons. The summed E-state index contributed by atoms with van der Waals surface area (Å²) in [6, 6.07) is 14.3. The molecule has 0 heterocycles. The van der Waals surface area contributed by atoms with Gasteiger partial charge in [-0.05, 0) is 64.6 Å². The van der Waals surface area contributed by atoms with Crippen LogP contribution in [-0.4, -0.2) is 25.1 Å². The number of nitrogens with one attached hydrogen (secondary N) is 2. The van der Waals surface area contributed by atoms with E-state index in [0.29, 0.717) is 27.1 Å². The fraction of sp³-hybridized carbons (Fsp3) is 0.125. The molecule has 0 bridgehead atoms. The molecule has 0 saturated carbocycles. The lowest BCUT2D eigenvalue weighted by molar-refractivity contribution is -0.126. The van der Waals surface area contributed by atoms with Gasteiger partial charge in [0.2, 0.25) is 11.8 Å². The molecule has 0 aliphatic carbocycles. The molecule has 0 unspecified atom stereocenters. The molecule has 3 aromatic carbocycles. The van der Waals surface area contributed by atoms with Crippen molar-refractivity contribution in [3.8, 4) is 11.5 Å². The quantitative estimate of drug-likeness (QED) is 0.135.